The summed E-state index contributed by atoms with van der Waals surface area (Å²) in [5.41, 5.74) is 2.82. The summed E-state index contributed by atoms with van der Waals surface area (Å²) in [5.74, 6) is 0.628. The number of nitrogens with one attached hydrogen (secondary N) is 1. The molecule has 1 saturated heterocycles. The summed E-state index contributed by atoms with van der Waals surface area (Å²) in [6, 6.07) is 20.3. The molecule has 2 amide bonds. The lowest BCUT2D eigenvalue weighted by Crippen LogP contribution is -2.48. The summed E-state index contributed by atoms with van der Waals surface area (Å²) < 4.78 is 6.49. The number of ether oxygens (including phenoxy) is 1. The zero-order valence-electron chi connectivity index (χ0n) is 19.5. The van der Waals surface area contributed by atoms with Crippen molar-refractivity contribution >= 4 is 57.4 Å². The maximum absolute atomic E-state index is 12.9. The van der Waals surface area contributed by atoms with Gasteiger partial charge in [-0.15, -0.1) is 0 Å². The molecular weight excluding hydrogens is 577 g/mol. The Morgan fingerprint density at radius 2 is 1.71 bits per heavy atom. The fourth-order valence-electron chi connectivity index (χ4n) is 3.93. The first-order valence-electron chi connectivity index (χ1n) is 11.6. The monoisotopic (exact) mass is 603 g/mol. The van der Waals surface area contributed by atoms with Crippen LogP contribution in [0, 0.1) is 3.57 Å². The molecule has 6 nitrogen and oxygen atoms in total. The molecule has 0 saturated carbocycles. The molecule has 0 spiro atoms. The van der Waals surface area contributed by atoms with E-state index in [1.54, 1.807) is 12.1 Å². The number of rotatable bonds is 7. The quantitative estimate of drug-likeness (QED) is 0.339. The van der Waals surface area contributed by atoms with Gasteiger partial charge in [-0.2, -0.15) is 0 Å². The van der Waals surface area contributed by atoms with Crippen molar-refractivity contribution in [1.82, 2.24) is 4.90 Å². The van der Waals surface area contributed by atoms with Crippen molar-refractivity contribution in [2.45, 2.75) is 13.3 Å². The molecule has 182 valence electrons. The molecule has 1 aliphatic heterocycles. The third kappa shape index (κ3) is 6.27. The number of halogens is 2. The third-order valence-corrected chi connectivity index (χ3v) is 7.05. The van der Waals surface area contributed by atoms with E-state index in [9.17, 15) is 9.59 Å². The Hall–Kier alpha value is -2.78. The molecule has 4 rings (SSSR count). The Bertz CT molecular complexity index is 1190. The van der Waals surface area contributed by atoms with Crippen LogP contribution in [0.25, 0.3) is 0 Å². The van der Waals surface area contributed by atoms with Gasteiger partial charge in [0.2, 0.25) is 0 Å². The van der Waals surface area contributed by atoms with E-state index in [2.05, 4.69) is 39.7 Å². The standard InChI is InChI=1S/C27H27ClIN3O3/c1-2-17-35-21-10-7-19(8-11-21)27(34)32-15-13-31(14-16-32)25-12-9-20(18-23(25)28)30-26(33)22-5-3-4-6-24(22)29/h3-12,18H,2,13-17H2,1H3,(H,30,33). The Kier molecular flexibility index (Phi) is 8.51. The number of piperazine rings is 1. The Balaban J connectivity index is 1.34. The molecule has 0 unspecified atom stereocenters. The van der Waals surface area contributed by atoms with E-state index in [1.807, 2.05) is 59.5 Å². The van der Waals surface area contributed by atoms with Crippen LogP contribution in [0.4, 0.5) is 11.4 Å². The fraction of sp³-hybridized carbons (Fsp3) is 0.259. The van der Waals surface area contributed by atoms with Gasteiger partial charge in [0.15, 0.2) is 0 Å². The molecular formula is C27H27ClIN3O3. The molecule has 0 radical (unpaired) electrons. The SMILES string of the molecule is CCCOc1ccc(C(=O)N2CCN(c3ccc(NC(=O)c4ccccc4I)cc3Cl)CC2)cc1. The number of benzene rings is 3. The van der Waals surface area contributed by atoms with Crippen molar-refractivity contribution in [3.8, 4) is 5.75 Å². The topological polar surface area (TPSA) is 61.9 Å². The first-order chi connectivity index (χ1) is 17.0. The largest absolute Gasteiger partial charge is 0.494 e. The summed E-state index contributed by atoms with van der Waals surface area (Å²) >= 11 is 8.73. The molecule has 3 aromatic rings. The van der Waals surface area contributed by atoms with Gasteiger partial charge >= 0.3 is 0 Å². The maximum Gasteiger partial charge on any atom is 0.256 e. The minimum atomic E-state index is -0.170. The first-order valence-corrected chi connectivity index (χ1v) is 13.0. The second kappa shape index (κ2) is 11.8. The van der Waals surface area contributed by atoms with E-state index in [0.717, 1.165) is 21.4 Å². The van der Waals surface area contributed by atoms with E-state index >= 15 is 0 Å². The summed E-state index contributed by atoms with van der Waals surface area (Å²) in [6.07, 6.45) is 0.944. The highest BCUT2D eigenvalue weighted by molar-refractivity contribution is 14.1. The first kappa shape index (κ1) is 25.3. The Labute approximate surface area is 224 Å². The fourth-order valence-corrected chi connectivity index (χ4v) is 4.86. The smallest absolute Gasteiger partial charge is 0.256 e. The summed E-state index contributed by atoms with van der Waals surface area (Å²) in [5, 5.41) is 3.48. The van der Waals surface area contributed by atoms with E-state index < -0.39 is 0 Å². The van der Waals surface area contributed by atoms with Gasteiger partial charge in [-0.3, -0.25) is 9.59 Å². The Morgan fingerprint density at radius 3 is 2.37 bits per heavy atom. The van der Waals surface area contributed by atoms with Gasteiger partial charge in [-0.25, -0.2) is 0 Å². The average molecular weight is 604 g/mol. The van der Waals surface area contributed by atoms with Crippen molar-refractivity contribution in [2.24, 2.45) is 0 Å². The van der Waals surface area contributed by atoms with Gasteiger partial charge in [0, 0.05) is 41.0 Å². The lowest BCUT2D eigenvalue weighted by atomic mass is 10.1. The summed E-state index contributed by atoms with van der Waals surface area (Å²) in [4.78, 5) is 29.6. The van der Waals surface area contributed by atoms with Gasteiger partial charge in [0.05, 0.1) is 22.9 Å². The van der Waals surface area contributed by atoms with E-state index in [1.165, 1.54) is 0 Å². The van der Waals surface area contributed by atoms with Crippen LogP contribution in [0.2, 0.25) is 5.02 Å². The molecule has 3 aromatic carbocycles. The minimum absolute atomic E-state index is 0.0198. The normalized spacial score (nSPS) is 13.5. The van der Waals surface area contributed by atoms with Crippen LogP contribution >= 0.6 is 34.2 Å². The van der Waals surface area contributed by atoms with Crippen LogP contribution in [-0.2, 0) is 0 Å². The van der Waals surface area contributed by atoms with Crippen LogP contribution in [-0.4, -0.2) is 49.5 Å². The number of carbonyl (C=O) groups is 2. The number of amides is 2. The van der Waals surface area contributed by atoms with Gasteiger partial charge in [-0.05, 0) is 83.6 Å². The molecule has 1 fully saturated rings. The van der Waals surface area contributed by atoms with Gasteiger partial charge in [0.25, 0.3) is 11.8 Å². The van der Waals surface area contributed by atoms with Gasteiger partial charge in [0.1, 0.15) is 5.75 Å². The average Bonchev–Trinajstić information content (AvgIpc) is 2.88. The second-order valence-corrected chi connectivity index (χ2v) is 9.82. The van der Waals surface area contributed by atoms with Crippen LogP contribution in [0.1, 0.15) is 34.1 Å². The minimum Gasteiger partial charge on any atom is -0.494 e. The third-order valence-electron chi connectivity index (χ3n) is 5.81. The van der Waals surface area contributed by atoms with E-state index in [-0.39, 0.29) is 11.8 Å². The molecule has 0 aromatic heterocycles. The summed E-state index contributed by atoms with van der Waals surface area (Å²) in [6.45, 7) is 5.29. The van der Waals surface area contributed by atoms with Crippen LogP contribution in [0.15, 0.2) is 66.7 Å². The molecule has 0 aliphatic carbocycles. The van der Waals surface area contributed by atoms with Crippen molar-refractivity contribution in [1.29, 1.82) is 0 Å². The van der Waals surface area contributed by atoms with E-state index in [0.29, 0.717) is 54.6 Å². The predicted molar refractivity (Wildman–Crippen MR) is 149 cm³/mol. The van der Waals surface area contributed by atoms with Crippen LogP contribution in [0.3, 0.4) is 0 Å². The number of nitrogens with zero attached hydrogens (tertiary/aromatic N) is 2. The van der Waals surface area contributed by atoms with Crippen LogP contribution < -0.4 is 15.0 Å². The highest BCUT2D eigenvalue weighted by Crippen LogP contribution is 2.30. The Morgan fingerprint density at radius 1 is 1.00 bits per heavy atom. The maximum atomic E-state index is 12.9. The molecule has 8 heteroatoms. The number of hydrogen-bond acceptors (Lipinski definition) is 4. The summed E-state index contributed by atoms with van der Waals surface area (Å²) in [7, 11) is 0. The molecule has 35 heavy (non-hydrogen) atoms. The zero-order valence-corrected chi connectivity index (χ0v) is 22.4. The lowest BCUT2D eigenvalue weighted by molar-refractivity contribution is 0.0746. The van der Waals surface area contributed by atoms with E-state index in [4.69, 9.17) is 16.3 Å². The molecule has 1 N–H and O–H groups in total. The van der Waals surface area contributed by atoms with Gasteiger partial charge < -0.3 is 19.9 Å². The van der Waals surface area contributed by atoms with Crippen molar-refractivity contribution < 1.29 is 14.3 Å². The van der Waals surface area contributed by atoms with Crippen molar-refractivity contribution in [3.05, 3.63) is 86.4 Å². The number of anilines is 2. The van der Waals surface area contributed by atoms with Gasteiger partial charge in [-0.1, -0.05) is 30.7 Å². The molecule has 1 aliphatic rings. The second-order valence-electron chi connectivity index (χ2n) is 8.25. The zero-order chi connectivity index (χ0) is 24.8. The predicted octanol–water partition coefficient (Wildman–Crippen LogP) is 5.95. The highest BCUT2D eigenvalue weighted by atomic mass is 127. The van der Waals surface area contributed by atoms with Crippen molar-refractivity contribution in [3.63, 3.8) is 0 Å². The number of hydrogen-bond donors (Lipinski definition) is 1. The number of carbonyl (C=O) groups excluding carboxylic acids is 2. The molecule has 0 atom stereocenters. The van der Waals surface area contributed by atoms with Crippen LogP contribution in [0.5, 0.6) is 5.75 Å². The molecule has 1 heterocycles. The highest BCUT2D eigenvalue weighted by Gasteiger charge is 2.23. The van der Waals surface area contributed by atoms with Crippen molar-refractivity contribution in [2.75, 3.05) is 43.0 Å². The lowest BCUT2D eigenvalue weighted by Gasteiger charge is -2.36. The molecule has 0 bridgehead atoms.